The van der Waals surface area contributed by atoms with Crippen molar-refractivity contribution in [1.82, 2.24) is 5.32 Å². The monoisotopic (exact) mass is 286 g/mol. The van der Waals surface area contributed by atoms with Gasteiger partial charge in [-0.3, -0.25) is 4.79 Å². The van der Waals surface area contributed by atoms with Crippen LogP contribution < -0.4 is 15.8 Å². The van der Waals surface area contributed by atoms with Crippen molar-refractivity contribution in [2.45, 2.75) is 13.0 Å². The molecular formula is C11H15BrN2O2. The Bertz CT molecular complexity index is 358. The fraction of sp³-hybridized carbons (Fsp3) is 0.364. The van der Waals surface area contributed by atoms with Crippen LogP contribution in [-0.4, -0.2) is 25.1 Å². The maximum absolute atomic E-state index is 11.4. The Labute approximate surface area is 103 Å². The highest BCUT2D eigenvalue weighted by Gasteiger charge is 2.06. The standard InChI is InChI=1S/C11H15BrN2O2/c1-8(6-13)14-11(15)7-16-10-4-2-3-9(12)5-10/h2-5,8H,6-7,13H2,1H3,(H,14,15)/t8-/m0/s1. The Hall–Kier alpha value is -1.07. The summed E-state index contributed by atoms with van der Waals surface area (Å²) in [6, 6.07) is 7.31. The van der Waals surface area contributed by atoms with Crippen LogP contribution in [0, 0.1) is 0 Å². The van der Waals surface area contributed by atoms with Crippen LogP contribution in [0.2, 0.25) is 0 Å². The SMILES string of the molecule is C[C@@H](CN)NC(=O)COc1cccc(Br)c1. The van der Waals surface area contributed by atoms with Gasteiger partial charge in [-0.1, -0.05) is 22.0 Å². The zero-order chi connectivity index (χ0) is 12.0. The molecule has 3 N–H and O–H groups in total. The summed E-state index contributed by atoms with van der Waals surface area (Å²) in [5.41, 5.74) is 5.39. The maximum atomic E-state index is 11.4. The third kappa shape index (κ3) is 4.63. The lowest BCUT2D eigenvalue weighted by Gasteiger charge is -2.11. The molecule has 0 unspecified atom stereocenters. The van der Waals surface area contributed by atoms with Crippen LogP contribution >= 0.6 is 15.9 Å². The van der Waals surface area contributed by atoms with Crippen LogP contribution in [0.1, 0.15) is 6.92 Å². The summed E-state index contributed by atoms with van der Waals surface area (Å²) in [4.78, 5) is 11.4. The molecule has 0 radical (unpaired) electrons. The average molecular weight is 287 g/mol. The Kier molecular flexibility index (Phi) is 5.28. The highest BCUT2D eigenvalue weighted by atomic mass is 79.9. The van der Waals surface area contributed by atoms with Gasteiger partial charge in [0.05, 0.1) is 0 Å². The summed E-state index contributed by atoms with van der Waals surface area (Å²) < 4.78 is 6.23. The molecule has 5 heteroatoms. The van der Waals surface area contributed by atoms with Crippen molar-refractivity contribution in [1.29, 1.82) is 0 Å². The van der Waals surface area contributed by atoms with Crippen molar-refractivity contribution < 1.29 is 9.53 Å². The molecule has 0 aliphatic carbocycles. The Morgan fingerprint density at radius 3 is 3.00 bits per heavy atom. The van der Waals surface area contributed by atoms with Gasteiger partial charge in [-0.15, -0.1) is 0 Å². The summed E-state index contributed by atoms with van der Waals surface area (Å²) in [6.45, 7) is 2.26. The molecule has 0 saturated heterocycles. The van der Waals surface area contributed by atoms with Crippen molar-refractivity contribution in [2.24, 2.45) is 5.73 Å². The Balaban J connectivity index is 2.37. The fourth-order valence-corrected chi connectivity index (χ4v) is 1.46. The Morgan fingerprint density at radius 2 is 2.38 bits per heavy atom. The third-order valence-corrected chi connectivity index (χ3v) is 2.42. The molecular weight excluding hydrogens is 272 g/mol. The van der Waals surface area contributed by atoms with E-state index in [9.17, 15) is 4.79 Å². The molecule has 1 rings (SSSR count). The molecule has 4 nitrogen and oxygen atoms in total. The third-order valence-electron chi connectivity index (χ3n) is 1.93. The number of nitrogens with one attached hydrogen (secondary N) is 1. The second-order valence-corrected chi connectivity index (χ2v) is 4.37. The fourth-order valence-electron chi connectivity index (χ4n) is 1.08. The van der Waals surface area contributed by atoms with Gasteiger partial charge in [0.15, 0.2) is 6.61 Å². The molecule has 0 bridgehead atoms. The molecule has 1 atom stereocenters. The molecule has 0 saturated carbocycles. The molecule has 1 aromatic rings. The molecule has 1 amide bonds. The maximum Gasteiger partial charge on any atom is 0.258 e. The molecule has 0 aromatic heterocycles. The smallest absolute Gasteiger partial charge is 0.258 e. The number of amides is 1. The molecule has 0 fully saturated rings. The van der Waals surface area contributed by atoms with E-state index >= 15 is 0 Å². The number of halogens is 1. The summed E-state index contributed by atoms with van der Waals surface area (Å²) in [5, 5.41) is 2.71. The zero-order valence-electron chi connectivity index (χ0n) is 9.07. The van der Waals surface area contributed by atoms with Crippen molar-refractivity contribution in [3.8, 4) is 5.75 Å². The van der Waals surface area contributed by atoms with Crippen molar-refractivity contribution >= 4 is 21.8 Å². The second kappa shape index (κ2) is 6.50. The van der Waals surface area contributed by atoms with Crippen molar-refractivity contribution in [3.05, 3.63) is 28.7 Å². The minimum absolute atomic E-state index is 0.000787. The first-order valence-electron chi connectivity index (χ1n) is 4.99. The van der Waals surface area contributed by atoms with Gasteiger partial charge < -0.3 is 15.8 Å². The minimum atomic E-state index is -0.169. The lowest BCUT2D eigenvalue weighted by atomic mass is 10.3. The molecule has 0 heterocycles. The number of nitrogens with two attached hydrogens (primary N) is 1. The first-order chi connectivity index (χ1) is 7.61. The number of carbonyl (C=O) groups excluding carboxylic acids is 1. The number of benzene rings is 1. The van der Waals surface area contributed by atoms with Crippen LogP contribution in [0.15, 0.2) is 28.7 Å². The normalized spacial score (nSPS) is 11.9. The second-order valence-electron chi connectivity index (χ2n) is 3.45. The van der Waals surface area contributed by atoms with Crippen LogP contribution in [0.4, 0.5) is 0 Å². The van der Waals surface area contributed by atoms with E-state index in [1.54, 1.807) is 12.1 Å². The Morgan fingerprint density at radius 1 is 1.62 bits per heavy atom. The van der Waals surface area contributed by atoms with Gasteiger partial charge in [-0.2, -0.15) is 0 Å². The van der Waals surface area contributed by atoms with E-state index in [-0.39, 0.29) is 18.6 Å². The van der Waals surface area contributed by atoms with E-state index in [0.717, 1.165) is 4.47 Å². The minimum Gasteiger partial charge on any atom is -0.484 e. The molecule has 1 aromatic carbocycles. The molecule has 0 spiro atoms. The predicted molar refractivity (Wildman–Crippen MR) is 66.3 cm³/mol. The van der Waals surface area contributed by atoms with E-state index < -0.39 is 0 Å². The zero-order valence-corrected chi connectivity index (χ0v) is 10.7. The van der Waals surface area contributed by atoms with Gasteiger partial charge in [0.1, 0.15) is 5.75 Å². The largest absolute Gasteiger partial charge is 0.484 e. The van der Waals surface area contributed by atoms with Crippen molar-refractivity contribution in [2.75, 3.05) is 13.2 Å². The summed E-state index contributed by atoms with van der Waals surface area (Å²) in [6.07, 6.45) is 0. The molecule has 16 heavy (non-hydrogen) atoms. The topological polar surface area (TPSA) is 64.3 Å². The van der Waals surface area contributed by atoms with Crippen LogP contribution in [0.25, 0.3) is 0 Å². The average Bonchev–Trinajstić information content (AvgIpc) is 2.26. The number of hydrogen-bond acceptors (Lipinski definition) is 3. The quantitative estimate of drug-likeness (QED) is 0.857. The van der Waals surface area contributed by atoms with Crippen LogP contribution in [0.3, 0.4) is 0 Å². The van der Waals surface area contributed by atoms with E-state index in [0.29, 0.717) is 12.3 Å². The predicted octanol–water partition coefficient (Wildman–Crippen LogP) is 1.29. The van der Waals surface area contributed by atoms with Gasteiger partial charge in [0.25, 0.3) is 5.91 Å². The van der Waals surface area contributed by atoms with Gasteiger partial charge in [-0.25, -0.2) is 0 Å². The van der Waals surface area contributed by atoms with E-state index in [4.69, 9.17) is 10.5 Å². The highest BCUT2D eigenvalue weighted by molar-refractivity contribution is 9.10. The summed E-state index contributed by atoms with van der Waals surface area (Å²) in [5.74, 6) is 0.489. The van der Waals surface area contributed by atoms with Gasteiger partial charge in [-0.05, 0) is 25.1 Å². The number of ether oxygens (including phenoxy) is 1. The lowest BCUT2D eigenvalue weighted by molar-refractivity contribution is -0.123. The van der Waals surface area contributed by atoms with Gasteiger partial charge >= 0.3 is 0 Å². The van der Waals surface area contributed by atoms with Crippen LogP contribution in [0.5, 0.6) is 5.75 Å². The van der Waals surface area contributed by atoms with E-state index in [1.807, 2.05) is 19.1 Å². The van der Waals surface area contributed by atoms with Crippen LogP contribution in [-0.2, 0) is 4.79 Å². The lowest BCUT2D eigenvalue weighted by Crippen LogP contribution is -2.40. The summed E-state index contributed by atoms with van der Waals surface area (Å²) >= 11 is 3.32. The first kappa shape index (κ1) is 13.0. The van der Waals surface area contributed by atoms with Gasteiger partial charge in [0, 0.05) is 17.1 Å². The number of carbonyl (C=O) groups is 1. The summed E-state index contributed by atoms with van der Waals surface area (Å²) in [7, 11) is 0. The number of rotatable bonds is 5. The first-order valence-corrected chi connectivity index (χ1v) is 5.79. The van der Waals surface area contributed by atoms with E-state index in [2.05, 4.69) is 21.2 Å². The van der Waals surface area contributed by atoms with E-state index in [1.165, 1.54) is 0 Å². The number of hydrogen-bond donors (Lipinski definition) is 2. The molecule has 0 aliphatic heterocycles. The molecule has 88 valence electrons. The van der Waals surface area contributed by atoms with Gasteiger partial charge in [0.2, 0.25) is 0 Å². The highest BCUT2D eigenvalue weighted by Crippen LogP contribution is 2.17. The molecule has 0 aliphatic rings. The van der Waals surface area contributed by atoms with Crippen molar-refractivity contribution in [3.63, 3.8) is 0 Å².